The number of nitrogens with one attached hydrogen (secondary N) is 3. The molecule has 0 aliphatic rings. The Morgan fingerprint density at radius 3 is 2.04 bits per heavy atom. The molecule has 3 amide bonds. The Morgan fingerprint density at radius 1 is 0.694 bits per heavy atom. The third-order valence-corrected chi connectivity index (χ3v) is 8.75. The number of methoxy groups -OCH3 is 2. The van der Waals surface area contributed by atoms with E-state index < -0.39 is 17.1 Å². The van der Waals surface area contributed by atoms with Gasteiger partial charge in [-0.15, -0.1) is 11.8 Å². The number of hydrogen-bond acceptors (Lipinski definition) is 6. The average molecular weight is 713 g/mol. The minimum atomic E-state index is -0.657. The molecule has 248 valence electrons. The summed E-state index contributed by atoms with van der Waals surface area (Å²) in [5.74, 6) is -0.314. The van der Waals surface area contributed by atoms with Gasteiger partial charge in [0.15, 0.2) is 11.5 Å². The summed E-state index contributed by atoms with van der Waals surface area (Å²) < 4.78 is 10.8. The molecule has 49 heavy (non-hydrogen) atoms. The second-order valence-corrected chi connectivity index (χ2v) is 12.6. The van der Waals surface area contributed by atoms with Crippen LogP contribution in [0.3, 0.4) is 0 Å². The molecule has 5 aromatic carbocycles. The molecule has 0 bridgehead atoms. The van der Waals surface area contributed by atoms with Crippen LogP contribution in [0.1, 0.15) is 26.7 Å². The maximum absolute atomic E-state index is 13.7. The monoisotopic (exact) mass is 711 g/mol. The van der Waals surface area contributed by atoms with Crippen molar-refractivity contribution in [2.24, 2.45) is 0 Å². The van der Waals surface area contributed by atoms with Crippen LogP contribution in [0.2, 0.25) is 10.0 Å². The molecule has 0 aliphatic carbocycles. The lowest BCUT2D eigenvalue weighted by molar-refractivity contribution is -0.116. The van der Waals surface area contributed by atoms with Crippen LogP contribution in [0.25, 0.3) is 6.08 Å². The minimum absolute atomic E-state index is 0.000789. The van der Waals surface area contributed by atoms with Crippen LogP contribution in [0.15, 0.2) is 132 Å². The van der Waals surface area contributed by atoms with E-state index in [0.717, 1.165) is 5.56 Å². The van der Waals surface area contributed by atoms with Crippen molar-refractivity contribution in [3.05, 3.63) is 154 Å². The Balaban J connectivity index is 1.40. The van der Waals surface area contributed by atoms with Gasteiger partial charge in [0.25, 0.3) is 11.8 Å². The molecule has 0 fully saturated rings. The fraction of sp³-hybridized carbons (Fsp3) is 0.0789. The summed E-state index contributed by atoms with van der Waals surface area (Å²) in [4.78, 5) is 41.2. The summed E-state index contributed by atoms with van der Waals surface area (Å²) in [6.07, 6.45) is 1.55. The lowest BCUT2D eigenvalue weighted by Gasteiger charge is -2.18. The number of rotatable bonds is 12. The normalized spacial score (nSPS) is 11.6. The number of halogens is 2. The van der Waals surface area contributed by atoms with E-state index in [0.29, 0.717) is 48.9 Å². The zero-order valence-electron chi connectivity index (χ0n) is 26.4. The first-order valence-corrected chi connectivity index (χ1v) is 16.6. The molecular weight excluding hydrogens is 681 g/mol. The van der Waals surface area contributed by atoms with Crippen LogP contribution in [0, 0.1) is 0 Å². The van der Waals surface area contributed by atoms with Gasteiger partial charge in [0, 0.05) is 31.9 Å². The van der Waals surface area contributed by atoms with Gasteiger partial charge in [-0.05, 0) is 77.9 Å². The highest BCUT2D eigenvalue weighted by Crippen LogP contribution is 2.38. The van der Waals surface area contributed by atoms with Gasteiger partial charge in [0.2, 0.25) is 5.91 Å². The summed E-state index contributed by atoms with van der Waals surface area (Å²) in [6, 6.07) is 35.0. The number of ether oxygens (including phenoxy) is 2. The molecule has 1 unspecified atom stereocenters. The molecule has 1 atom stereocenters. The fourth-order valence-corrected chi connectivity index (χ4v) is 6.38. The second-order valence-electron chi connectivity index (χ2n) is 10.5. The predicted octanol–water partition coefficient (Wildman–Crippen LogP) is 8.89. The summed E-state index contributed by atoms with van der Waals surface area (Å²) in [5.41, 5.74) is 2.68. The van der Waals surface area contributed by atoms with Crippen molar-refractivity contribution in [2.75, 3.05) is 24.9 Å². The Morgan fingerprint density at radius 2 is 1.37 bits per heavy atom. The van der Waals surface area contributed by atoms with Gasteiger partial charge in [0.1, 0.15) is 10.9 Å². The zero-order valence-corrected chi connectivity index (χ0v) is 28.7. The number of carbonyl (C=O) groups excluding carboxylic acids is 3. The predicted molar refractivity (Wildman–Crippen MR) is 197 cm³/mol. The average Bonchev–Trinajstić information content (AvgIpc) is 3.10. The largest absolute Gasteiger partial charge is 0.493 e. The van der Waals surface area contributed by atoms with Crippen LogP contribution in [0.5, 0.6) is 11.5 Å². The zero-order chi connectivity index (χ0) is 34.8. The number of hydrogen-bond donors (Lipinski definition) is 3. The van der Waals surface area contributed by atoms with E-state index >= 15 is 0 Å². The van der Waals surface area contributed by atoms with E-state index in [1.54, 1.807) is 91.0 Å². The lowest BCUT2D eigenvalue weighted by atomic mass is 10.1. The first kappa shape index (κ1) is 35.1. The Labute approximate surface area is 298 Å². The third-order valence-electron chi connectivity index (χ3n) is 7.06. The highest BCUT2D eigenvalue weighted by atomic mass is 35.5. The van der Waals surface area contributed by atoms with Crippen molar-refractivity contribution in [3.63, 3.8) is 0 Å². The maximum Gasteiger partial charge on any atom is 0.272 e. The minimum Gasteiger partial charge on any atom is -0.493 e. The number of benzene rings is 5. The maximum atomic E-state index is 13.7. The number of amides is 3. The Bertz CT molecular complexity index is 1970. The SMILES string of the molecule is COc1ccc(/C=C(/NC(=O)c2ccccc2)C(=O)Nc2cccc(SC(C(=O)Nc3cc(Cl)cc(Cl)c3)c3ccccc3)c2)cc1OC. The van der Waals surface area contributed by atoms with Crippen molar-refractivity contribution < 1.29 is 23.9 Å². The molecule has 5 aromatic rings. The summed E-state index contributed by atoms with van der Waals surface area (Å²) in [7, 11) is 3.04. The van der Waals surface area contributed by atoms with E-state index in [2.05, 4.69) is 16.0 Å². The quantitative estimate of drug-likeness (QED) is 0.0882. The molecule has 8 nitrogen and oxygen atoms in total. The van der Waals surface area contributed by atoms with E-state index in [4.69, 9.17) is 32.7 Å². The van der Waals surface area contributed by atoms with Gasteiger partial charge in [-0.2, -0.15) is 0 Å². The fourth-order valence-electron chi connectivity index (χ4n) is 4.77. The lowest BCUT2D eigenvalue weighted by Crippen LogP contribution is -2.30. The topological polar surface area (TPSA) is 106 Å². The molecule has 0 radical (unpaired) electrons. The van der Waals surface area contributed by atoms with Crippen molar-refractivity contribution in [2.45, 2.75) is 10.1 Å². The van der Waals surface area contributed by atoms with E-state index in [-0.39, 0.29) is 11.6 Å². The Hall–Kier alpha value is -5.22. The van der Waals surface area contributed by atoms with Gasteiger partial charge in [-0.1, -0.05) is 83.9 Å². The van der Waals surface area contributed by atoms with Crippen molar-refractivity contribution in [1.82, 2.24) is 5.32 Å². The number of thioether (sulfide) groups is 1. The summed E-state index contributed by atoms with van der Waals surface area (Å²) >= 11 is 13.6. The van der Waals surface area contributed by atoms with Crippen LogP contribution in [-0.4, -0.2) is 31.9 Å². The Kier molecular flexibility index (Phi) is 12.0. The van der Waals surface area contributed by atoms with Gasteiger partial charge in [-0.25, -0.2) is 0 Å². The smallest absolute Gasteiger partial charge is 0.272 e. The highest BCUT2D eigenvalue weighted by molar-refractivity contribution is 8.00. The van der Waals surface area contributed by atoms with Gasteiger partial charge >= 0.3 is 0 Å². The van der Waals surface area contributed by atoms with Crippen LogP contribution in [-0.2, 0) is 9.59 Å². The molecule has 11 heteroatoms. The van der Waals surface area contributed by atoms with E-state index in [1.165, 1.54) is 26.0 Å². The molecule has 3 N–H and O–H groups in total. The standard InChI is InChI=1S/C38H31Cl2N3O5S/c1-47-33-17-16-24(19-34(33)48-2)18-32(43-36(44)26-12-7-4-8-13-26)37(45)41-29-14-9-15-31(23-29)49-35(25-10-5-3-6-11-25)38(46)42-30-21-27(39)20-28(40)22-30/h3-23,35H,1-2H3,(H,41,45)(H,42,46)(H,43,44)/b32-18+. The van der Waals surface area contributed by atoms with Crippen molar-refractivity contribution in [3.8, 4) is 11.5 Å². The molecule has 0 spiro atoms. The molecule has 0 aromatic heterocycles. The van der Waals surface area contributed by atoms with Crippen molar-refractivity contribution >= 4 is 70.1 Å². The van der Waals surface area contributed by atoms with E-state index in [9.17, 15) is 14.4 Å². The number of anilines is 2. The van der Waals surface area contributed by atoms with E-state index in [1.807, 2.05) is 36.4 Å². The third kappa shape index (κ3) is 9.67. The first-order chi connectivity index (χ1) is 23.7. The van der Waals surface area contributed by atoms with Crippen molar-refractivity contribution in [1.29, 1.82) is 0 Å². The molecule has 0 saturated carbocycles. The van der Waals surface area contributed by atoms with Crippen LogP contribution >= 0.6 is 35.0 Å². The molecule has 0 aliphatic heterocycles. The summed E-state index contributed by atoms with van der Waals surface area (Å²) in [5, 5.41) is 8.68. The van der Waals surface area contributed by atoms with Crippen LogP contribution < -0.4 is 25.4 Å². The molecule has 5 rings (SSSR count). The second kappa shape index (κ2) is 16.7. The van der Waals surface area contributed by atoms with Gasteiger partial charge < -0.3 is 25.4 Å². The van der Waals surface area contributed by atoms with Crippen LogP contribution in [0.4, 0.5) is 11.4 Å². The molecular formula is C38H31Cl2N3O5S. The highest BCUT2D eigenvalue weighted by Gasteiger charge is 2.23. The molecule has 0 saturated heterocycles. The van der Waals surface area contributed by atoms with Gasteiger partial charge in [-0.3, -0.25) is 14.4 Å². The summed E-state index contributed by atoms with van der Waals surface area (Å²) in [6.45, 7) is 0. The molecule has 0 heterocycles. The first-order valence-electron chi connectivity index (χ1n) is 14.9. The number of carbonyl (C=O) groups is 3. The van der Waals surface area contributed by atoms with Gasteiger partial charge in [0.05, 0.1) is 14.2 Å².